The molecule has 1 amide bonds. The predicted molar refractivity (Wildman–Crippen MR) is 139 cm³/mol. The highest BCUT2D eigenvalue weighted by Gasteiger charge is 2.08. The van der Waals surface area contributed by atoms with Crippen molar-refractivity contribution in [3.63, 3.8) is 0 Å². The fraction of sp³-hybridized carbons (Fsp3) is 0.0357. The summed E-state index contributed by atoms with van der Waals surface area (Å²) in [5.74, 6) is 0.178. The van der Waals surface area contributed by atoms with Crippen molar-refractivity contribution in [2.45, 2.75) is 0 Å². The van der Waals surface area contributed by atoms with Crippen LogP contribution in [0.5, 0.6) is 11.5 Å². The van der Waals surface area contributed by atoms with Crippen molar-refractivity contribution >= 4 is 34.0 Å². The SMILES string of the molecule is O=C(COc1ccc(-c2ccccc2)cc1)N/N=C\c1ccc(OC(=O)c2ccc(Br)cc2)cc1. The van der Waals surface area contributed by atoms with Crippen molar-refractivity contribution in [1.82, 2.24) is 5.43 Å². The van der Waals surface area contributed by atoms with Crippen molar-refractivity contribution in [3.8, 4) is 22.6 Å². The molecular formula is C28H21BrN2O4. The van der Waals surface area contributed by atoms with Gasteiger partial charge in [-0.2, -0.15) is 5.10 Å². The third-order valence-corrected chi connectivity index (χ3v) is 5.43. The maximum Gasteiger partial charge on any atom is 0.343 e. The van der Waals surface area contributed by atoms with Gasteiger partial charge in [0.1, 0.15) is 11.5 Å². The maximum atomic E-state index is 12.2. The van der Waals surface area contributed by atoms with E-state index in [1.54, 1.807) is 48.5 Å². The Morgan fingerprint density at radius 3 is 2.09 bits per heavy atom. The van der Waals surface area contributed by atoms with E-state index < -0.39 is 5.97 Å². The highest BCUT2D eigenvalue weighted by molar-refractivity contribution is 9.10. The summed E-state index contributed by atoms with van der Waals surface area (Å²) in [6.07, 6.45) is 1.49. The second kappa shape index (κ2) is 11.8. The Bertz CT molecular complexity index is 1300. The minimum absolute atomic E-state index is 0.160. The van der Waals surface area contributed by atoms with Crippen LogP contribution < -0.4 is 14.9 Å². The molecule has 4 aromatic rings. The zero-order chi connectivity index (χ0) is 24.5. The van der Waals surface area contributed by atoms with E-state index in [1.165, 1.54) is 6.21 Å². The van der Waals surface area contributed by atoms with E-state index in [1.807, 2.05) is 54.6 Å². The molecule has 0 aliphatic rings. The summed E-state index contributed by atoms with van der Waals surface area (Å²) in [4.78, 5) is 24.2. The van der Waals surface area contributed by atoms with Gasteiger partial charge < -0.3 is 9.47 Å². The fourth-order valence-corrected chi connectivity index (χ4v) is 3.37. The molecule has 0 unspecified atom stereocenters. The number of rotatable bonds is 8. The lowest BCUT2D eigenvalue weighted by molar-refractivity contribution is -0.123. The van der Waals surface area contributed by atoms with Gasteiger partial charge >= 0.3 is 5.97 Å². The number of carbonyl (C=O) groups excluding carboxylic acids is 2. The van der Waals surface area contributed by atoms with E-state index >= 15 is 0 Å². The van der Waals surface area contributed by atoms with Crippen LogP contribution >= 0.6 is 15.9 Å². The molecule has 0 spiro atoms. The Morgan fingerprint density at radius 1 is 0.771 bits per heavy atom. The lowest BCUT2D eigenvalue weighted by Gasteiger charge is -2.07. The Hall–Kier alpha value is -4.23. The molecule has 0 saturated heterocycles. The number of ether oxygens (including phenoxy) is 2. The second-order valence-electron chi connectivity index (χ2n) is 7.44. The van der Waals surface area contributed by atoms with Crippen LogP contribution in [0.2, 0.25) is 0 Å². The molecule has 0 bridgehead atoms. The number of hydrogen-bond acceptors (Lipinski definition) is 5. The Kier molecular flexibility index (Phi) is 8.04. The molecule has 35 heavy (non-hydrogen) atoms. The average Bonchev–Trinajstić information content (AvgIpc) is 2.90. The summed E-state index contributed by atoms with van der Waals surface area (Å²) in [7, 11) is 0. The predicted octanol–water partition coefficient (Wildman–Crippen LogP) is 5.86. The monoisotopic (exact) mass is 528 g/mol. The molecule has 0 radical (unpaired) electrons. The number of nitrogens with one attached hydrogen (secondary N) is 1. The standard InChI is InChI=1S/C28H21BrN2O4/c29-24-12-8-23(9-13-24)28(33)35-26-14-6-20(7-15-26)18-30-31-27(32)19-34-25-16-10-22(11-17-25)21-4-2-1-3-5-21/h1-18H,19H2,(H,31,32)/b30-18-. The van der Waals surface area contributed by atoms with Crippen LogP contribution in [0.3, 0.4) is 0 Å². The van der Waals surface area contributed by atoms with E-state index in [9.17, 15) is 9.59 Å². The van der Waals surface area contributed by atoms with Gasteiger partial charge in [-0.3, -0.25) is 4.79 Å². The van der Waals surface area contributed by atoms with E-state index in [2.05, 4.69) is 26.5 Å². The van der Waals surface area contributed by atoms with Gasteiger partial charge in [-0.15, -0.1) is 0 Å². The Labute approximate surface area is 211 Å². The first-order valence-electron chi connectivity index (χ1n) is 10.7. The van der Waals surface area contributed by atoms with Gasteiger partial charge in [-0.25, -0.2) is 10.2 Å². The largest absolute Gasteiger partial charge is 0.484 e. The lowest BCUT2D eigenvalue weighted by atomic mass is 10.1. The first-order valence-corrected chi connectivity index (χ1v) is 11.5. The molecule has 0 aliphatic heterocycles. The van der Waals surface area contributed by atoms with Crippen molar-refractivity contribution in [3.05, 3.63) is 119 Å². The van der Waals surface area contributed by atoms with Gasteiger partial charge in [0.05, 0.1) is 11.8 Å². The van der Waals surface area contributed by atoms with Gasteiger partial charge in [0.15, 0.2) is 6.61 Å². The van der Waals surface area contributed by atoms with E-state index in [-0.39, 0.29) is 12.5 Å². The maximum absolute atomic E-state index is 12.2. The Morgan fingerprint density at radius 2 is 1.40 bits per heavy atom. The summed E-state index contributed by atoms with van der Waals surface area (Å²) in [5.41, 5.74) is 5.79. The van der Waals surface area contributed by atoms with E-state index in [0.29, 0.717) is 17.1 Å². The van der Waals surface area contributed by atoms with Gasteiger partial charge in [0, 0.05) is 4.47 Å². The van der Waals surface area contributed by atoms with Crippen LogP contribution in [0.15, 0.2) is 113 Å². The third kappa shape index (κ3) is 7.12. The van der Waals surface area contributed by atoms with Gasteiger partial charge in [0.25, 0.3) is 5.91 Å². The second-order valence-corrected chi connectivity index (χ2v) is 8.35. The number of carbonyl (C=O) groups is 2. The molecule has 7 heteroatoms. The number of hydrazone groups is 1. The summed E-state index contributed by atoms with van der Waals surface area (Å²) >= 11 is 3.33. The summed E-state index contributed by atoms with van der Waals surface area (Å²) in [6, 6.07) is 31.2. The van der Waals surface area contributed by atoms with Crippen LogP contribution in [-0.4, -0.2) is 24.7 Å². The molecule has 4 aromatic carbocycles. The summed E-state index contributed by atoms with van der Waals surface area (Å²) < 4.78 is 11.8. The highest BCUT2D eigenvalue weighted by Crippen LogP contribution is 2.22. The number of benzene rings is 4. The topological polar surface area (TPSA) is 77.0 Å². The van der Waals surface area contributed by atoms with Crippen molar-refractivity contribution < 1.29 is 19.1 Å². The van der Waals surface area contributed by atoms with Gasteiger partial charge in [-0.05, 0) is 77.4 Å². The van der Waals surface area contributed by atoms with E-state index in [4.69, 9.17) is 9.47 Å². The molecule has 1 N–H and O–H groups in total. The van der Waals surface area contributed by atoms with Crippen LogP contribution in [0.4, 0.5) is 0 Å². The first-order chi connectivity index (χ1) is 17.1. The van der Waals surface area contributed by atoms with Crippen LogP contribution in [-0.2, 0) is 4.79 Å². The molecule has 0 aliphatic carbocycles. The van der Waals surface area contributed by atoms with Crippen LogP contribution in [0.1, 0.15) is 15.9 Å². The molecule has 0 aromatic heterocycles. The van der Waals surface area contributed by atoms with Crippen molar-refractivity contribution in [2.24, 2.45) is 5.10 Å². The molecule has 0 heterocycles. The van der Waals surface area contributed by atoms with Crippen molar-refractivity contribution in [1.29, 1.82) is 0 Å². The lowest BCUT2D eigenvalue weighted by Crippen LogP contribution is -2.24. The summed E-state index contributed by atoms with van der Waals surface area (Å²) in [6.45, 7) is -0.160. The third-order valence-electron chi connectivity index (χ3n) is 4.90. The number of esters is 1. The number of halogens is 1. The smallest absolute Gasteiger partial charge is 0.343 e. The fourth-order valence-electron chi connectivity index (χ4n) is 3.11. The van der Waals surface area contributed by atoms with Gasteiger partial charge in [0.2, 0.25) is 0 Å². The number of nitrogens with zero attached hydrogens (tertiary/aromatic N) is 1. The minimum Gasteiger partial charge on any atom is -0.484 e. The summed E-state index contributed by atoms with van der Waals surface area (Å²) in [5, 5.41) is 3.94. The Balaban J connectivity index is 1.22. The van der Waals surface area contributed by atoms with Crippen LogP contribution in [0.25, 0.3) is 11.1 Å². The number of amides is 1. The zero-order valence-electron chi connectivity index (χ0n) is 18.6. The van der Waals surface area contributed by atoms with Gasteiger partial charge in [-0.1, -0.05) is 58.4 Å². The highest BCUT2D eigenvalue weighted by atomic mass is 79.9. The number of hydrogen-bond donors (Lipinski definition) is 1. The molecule has 0 atom stereocenters. The molecule has 174 valence electrons. The molecule has 0 fully saturated rings. The molecular weight excluding hydrogens is 508 g/mol. The average molecular weight is 529 g/mol. The quantitative estimate of drug-likeness (QED) is 0.134. The minimum atomic E-state index is -0.444. The normalized spacial score (nSPS) is 10.7. The van der Waals surface area contributed by atoms with E-state index in [0.717, 1.165) is 21.2 Å². The van der Waals surface area contributed by atoms with Crippen molar-refractivity contribution in [2.75, 3.05) is 6.61 Å². The molecule has 0 saturated carbocycles. The molecule has 4 rings (SSSR count). The first kappa shape index (κ1) is 23.9. The molecule has 6 nitrogen and oxygen atoms in total. The van der Waals surface area contributed by atoms with Crippen LogP contribution in [0, 0.1) is 0 Å². The zero-order valence-corrected chi connectivity index (χ0v) is 20.1.